The molecule has 4 saturated carbocycles. The Hall–Kier alpha value is -2.79. The van der Waals surface area contributed by atoms with Crippen molar-refractivity contribution >= 4 is 21.6 Å². The molecular formula is C33H39F4N3O3S. The van der Waals surface area contributed by atoms with E-state index in [-0.39, 0.29) is 28.6 Å². The summed E-state index contributed by atoms with van der Waals surface area (Å²) >= 11 is 0. The van der Waals surface area contributed by atoms with Crippen LogP contribution in [-0.2, 0) is 27.5 Å². The van der Waals surface area contributed by atoms with Crippen LogP contribution >= 0.6 is 0 Å². The molecule has 11 heteroatoms. The van der Waals surface area contributed by atoms with E-state index < -0.39 is 38.7 Å². The molecule has 7 rings (SSSR count). The van der Waals surface area contributed by atoms with Crippen molar-refractivity contribution in [2.24, 2.45) is 22.2 Å². The second kappa shape index (κ2) is 10.9. The predicted molar refractivity (Wildman–Crippen MR) is 159 cm³/mol. The van der Waals surface area contributed by atoms with E-state index in [1.54, 1.807) is 0 Å². The molecule has 44 heavy (non-hydrogen) atoms. The lowest BCUT2D eigenvalue weighted by Gasteiger charge is -2.73. The fourth-order valence-electron chi connectivity index (χ4n) is 7.72. The Balaban J connectivity index is 1.22. The van der Waals surface area contributed by atoms with E-state index in [1.807, 2.05) is 0 Å². The van der Waals surface area contributed by atoms with Crippen LogP contribution in [0.15, 0.2) is 58.4 Å². The quantitative estimate of drug-likeness (QED) is 0.258. The van der Waals surface area contributed by atoms with Crippen LogP contribution in [0.1, 0.15) is 82.8 Å². The van der Waals surface area contributed by atoms with Crippen molar-refractivity contribution in [3.05, 3.63) is 65.5 Å². The Bertz CT molecular complexity index is 1530. The minimum Gasteiger partial charge on any atom is -0.359 e. The van der Waals surface area contributed by atoms with Crippen molar-refractivity contribution in [1.29, 1.82) is 0 Å². The number of carbonyl (C=O) groups excluding carboxylic acids is 1. The van der Waals surface area contributed by atoms with Crippen LogP contribution in [0.4, 0.5) is 17.6 Å². The molecule has 0 amide bonds. The molecule has 2 bridgehead atoms. The first-order chi connectivity index (χ1) is 20.7. The van der Waals surface area contributed by atoms with Gasteiger partial charge in [0.05, 0.1) is 17.0 Å². The van der Waals surface area contributed by atoms with E-state index >= 15 is 0 Å². The number of aliphatic imine (C=N–C) groups is 1. The zero-order valence-electron chi connectivity index (χ0n) is 25.1. The number of alkyl halides is 3. The van der Waals surface area contributed by atoms with E-state index in [9.17, 15) is 30.8 Å². The minimum atomic E-state index is -4.50. The first-order valence-electron chi connectivity index (χ1n) is 15.5. The lowest BCUT2D eigenvalue weighted by molar-refractivity contribution is -0.151. The Kier molecular flexibility index (Phi) is 7.75. The standard InChI is InChI=1S/C33H39F4N3O3S/c1-22(2)16-32(28(41)15-8-23-4-3-5-23)21-38-29(39-32)30-18-31(19-30,20-30)40(44(42,43)27-13-11-26(34)12-14-27)17-24-6-9-25(10-7-24)33(35,36)37/h6-7,9-14,22-23H,3-5,8,15-21H2,1-2H3,(H,38,39). The molecule has 5 aliphatic rings. The number of amidine groups is 1. The predicted octanol–water partition coefficient (Wildman–Crippen LogP) is 6.89. The van der Waals surface area contributed by atoms with Gasteiger partial charge in [0, 0.05) is 23.9 Å². The topological polar surface area (TPSA) is 78.8 Å². The monoisotopic (exact) mass is 633 g/mol. The van der Waals surface area contributed by atoms with E-state index in [1.165, 1.54) is 47.8 Å². The maximum atomic E-state index is 14.0. The van der Waals surface area contributed by atoms with Gasteiger partial charge in [-0.15, -0.1) is 0 Å². The van der Waals surface area contributed by atoms with Gasteiger partial charge < -0.3 is 5.32 Å². The van der Waals surface area contributed by atoms with Crippen LogP contribution in [-0.4, -0.2) is 42.0 Å². The molecule has 1 N–H and O–H groups in total. The Labute approximate surface area is 256 Å². The van der Waals surface area contributed by atoms with E-state index in [0.717, 1.165) is 36.5 Å². The fourth-order valence-corrected chi connectivity index (χ4v) is 9.47. The molecular weight excluding hydrogens is 594 g/mol. The third kappa shape index (κ3) is 5.48. The zero-order valence-corrected chi connectivity index (χ0v) is 25.9. The number of rotatable bonds is 12. The highest BCUT2D eigenvalue weighted by atomic mass is 32.2. The summed E-state index contributed by atoms with van der Waals surface area (Å²) in [6.45, 7) is 4.44. The van der Waals surface area contributed by atoms with Gasteiger partial charge >= 0.3 is 6.18 Å². The third-order valence-corrected chi connectivity index (χ3v) is 12.2. The molecule has 1 unspecified atom stereocenters. The van der Waals surface area contributed by atoms with Crippen molar-refractivity contribution in [3.63, 3.8) is 0 Å². The highest BCUT2D eigenvalue weighted by Gasteiger charge is 2.75. The molecule has 2 aromatic rings. The SMILES string of the molecule is CC(C)CC1(C(=O)CCC2CCC2)CN=C(C23CC(N(Cc4ccc(C(F)(F)F)cc4)S(=O)(=O)c4ccc(F)cc4)(C2)C3)N1. The number of benzene rings is 2. The Morgan fingerprint density at radius 1 is 1.05 bits per heavy atom. The number of carbonyl (C=O) groups is 1. The highest BCUT2D eigenvalue weighted by Crippen LogP contribution is 2.71. The summed E-state index contributed by atoms with van der Waals surface area (Å²) in [6, 6.07) is 9.10. The van der Waals surface area contributed by atoms with Crippen molar-refractivity contribution in [2.75, 3.05) is 6.54 Å². The Morgan fingerprint density at radius 2 is 1.68 bits per heavy atom. The number of nitrogens with one attached hydrogen (secondary N) is 1. The maximum Gasteiger partial charge on any atom is 0.416 e. The molecule has 1 aliphatic heterocycles. The molecule has 0 saturated heterocycles. The van der Waals surface area contributed by atoms with Gasteiger partial charge in [-0.1, -0.05) is 45.2 Å². The van der Waals surface area contributed by atoms with Crippen molar-refractivity contribution < 1.29 is 30.8 Å². The van der Waals surface area contributed by atoms with Gasteiger partial charge in [0.25, 0.3) is 0 Å². The lowest BCUT2D eigenvalue weighted by Crippen LogP contribution is -2.79. The van der Waals surface area contributed by atoms with Gasteiger partial charge in [-0.3, -0.25) is 9.79 Å². The number of halogens is 4. The van der Waals surface area contributed by atoms with Crippen LogP contribution in [0.25, 0.3) is 0 Å². The van der Waals surface area contributed by atoms with Crippen molar-refractivity contribution in [2.45, 2.75) is 100 Å². The van der Waals surface area contributed by atoms with Crippen LogP contribution in [0.2, 0.25) is 0 Å². The summed E-state index contributed by atoms with van der Waals surface area (Å²) < 4.78 is 82.5. The molecule has 4 fully saturated rings. The average molecular weight is 634 g/mol. The molecule has 0 radical (unpaired) electrons. The molecule has 4 aliphatic carbocycles. The molecule has 238 valence electrons. The van der Waals surface area contributed by atoms with Gasteiger partial charge in [-0.2, -0.15) is 17.5 Å². The molecule has 1 atom stereocenters. The number of hydrogen-bond donors (Lipinski definition) is 1. The minimum absolute atomic E-state index is 0.0751. The lowest BCUT2D eigenvalue weighted by atomic mass is 9.38. The summed E-state index contributed by atoms with van der Waals surface area (Å²) in [5.74, 6) is 1.31. The van der Waals surface area contributed by atoms with Crippen molar-refractivity contribution in [1.82, 2.24) is 9.62 Å². The number of hydrogen-bond acceptors (Lipinski definition) is 5. The van der Waals surface area contributed by atoms with Gasteiger partial charge in [0.15, 0.2) is 5.78 Å². The van der Waals surface area contributed by atoms with Gasteiger partial charge in [0.2, 0.25) is 10.0 Å². The summed E-state index contributed by atoms with van der Waals surface area (Å²) in [6.07, 6.45) is 2.68. The first kappa shape index (κ1) is 31.2. The highest BCUT2D eigenvalue weighted by molar-refractivity contribution is 7.89. The van der Waals surface area contributed by atoms with Gasteiger partial charge in [-0.25, -0.2) is 12.8 Å². The molecule has 2 aromatic carbocycles. The zero-order chi connectivity index (χ0) is 31.5. The number of sulfonamides is 1. The van der Waals surface area contributed by atoms with Gasteiger partial charge in [0.1, 0.15) is 17.2 Å². The number of ketones is 1. The first-order valence-corrected chi connectivity index (χ1v) is 16.9. The molecule has 0 aromatic heterocycles. The van der Waals surface area contributed by atoms with Crippen LogP contribution < -0.4 is 5.32 Å². The van der Waals surface area contributed by atoms with Gasteiger partial charge in [-0.05, 0) is 85.9 Å². The summed E-state index contributed by atoms with van der Waals surface area (Å²) in [4.78, 5) is 18.4. The summed E-state index contributed by atoms with van der Waals surface area (Å²) in [5, 5.41) is 3.56. The fraction of sp³-hybridized carbons (Fsp3) is 0.576. The van der Waals surface area contributed by atoms with E-state index in [0.29, 0.717) is 50.1 Å². The molecule has 0 spiro atoms. The largest absolute Gasteiger partial charge is 0.416 e. The molecule has 1 heterocycles. The maximum absolute atomic E-state index is 14.0. The van der Waals surface area contributed by atoms with Crippen LogP contribution in [0.5, 0.6) is 0 Å². The third-order valence-electron chi connectivity index (χ3n) is 10.2. The average Bonchev–Trinajstić information content (AvgIpc) is 3.30. The normalized spacial score (nSPS) is 28.2. The second-order valence-corrected chi connectivity index (χ2v) is 15.8. The molecule has 6 nitrogen and oxygen atoms in total. The number of nitrogens with zero attached hydrogens (tertiary/aromatic N) is 2. The number of Topliss-reactive ketones (excluding diaryl/α,β-unsaturated/α-hetero) is 1. The van der Waals surface area contributed by atoms with Crippen LogP contribution in [0.3, 0.4) is 0 Å². The Morgan fingerprint density at radius 3 is 2.23 bits per heavy atom. The second-order valence-electron chi connectivity index (χ2n) is 13.9. The van der Waals surface area contributed by atoms with Crippen molar-refractivity contribution in [3.8, 4) is 0 Å². The smallest absolute Gasteiger partial charge is 0.359 e. The van der Waals surface area contributed by atoms with E-state index in [4.69, 9.17) is 4.99 Å². The van der Waals surface area contributed by atoms with E-state index in [2.05, 4.69) is 19.2 Å². The summed E-state index contributed by atoms with van der Waals surface area (Å²) in [7, 11) is -4.12. The van der Waals surface area contributed by atoms with Crippen LogP contribution in [0, 0.1) is 23.1 Å². The summed E-state index contributed by atoms with van der Waals surface area (Å²) in [5.41, 5.74) is -2.25.